The lowest BCUT2D eigenvalue weighted by molar-refractivity contribution is -0.0571. The van der Waals surface area contributed by atoms with Gasteiger partial charge in [0.15, 0.2) is 0 Å². The molecule has 1 aliphatic carbocycles. The van der Waals surface area contributed by atoms with E-state index in [1.165, 1.54) is 21.7 Å². The Morgan fingerprint density at radius 2 is 1.98 bits per heavy atom. The average molecular weight is 565 g/mol. The van der Waals surface area contributed by atoms with E-state index in [4.69, 9.17) is 15.6 Å². The lowest BCUT2D eigenvalue weighted by Gasteiger charge is -2.47. The van der Waals surface area contributed by atoms with Gasteiger partial charge in [-0.2, -0.15) is 5.10 Å². The van der Waals surface area contributed by atoms with Crippen LogP contribution in [0.5, 0.6) is 0 Å². The van der Waals surface area contributed by atoms with Crippen molar-refractivity contribution in [2.75, 3.05) is 6.54 Å². The number of halogens is 2. The first-order valence-electron chi connectivity index (χ1n) is 14.0. The van der Waals surface area contributed by atoms with Gasteiger partial charge in [0.25, 0.3) is 5.91 Å². The van der Waals surface area contributed by atoms with E-state index in [1.54, 1.807) is 6.20 Å². The summed E-state index contributed by atoms with van der Waals surface area (Å²) in [5.74, 6) is -0.610. The van der Waals surface area contributed by atoms with Gasteiger partial charge in [0.1, 0.15) is 35.0 Å². The van der Waals surface area contributed by atoms with Crippen molar-refractivity contribution in [3.63, 3.8) is 0 Å². The van der Waals surface area contributed by atoms with Crippen LogP contribution in [0.15, 0.2) is 36.7 Å². The predicted molar refractivity (Wildman–Crippen MR) is 150 cm³/mol. The largest absolute Gasteiger partial charge is 0.444 e. The van der Waals surface area contributed by atoms with Gasteiger partial charge in [-0.3, -0.25) is 4.79 Å². The highest BCUT2D eigenvalue weighted by Gasteiger charge is 2.47. The summed E-state index contributed by atoms with van der Waals surface area (Å²) in [6.45, 7) is 8.02. The molecule has 4 aromatic heterocycles. The molecular weight excluding hydrogens is 530 g/mol. The number of piperidine rings is 1. The van der Waals surface area contributed by atoms with E-state index in [9.17, 15) is 14.0 Å². The van der Waals surface area contributed by atoms with Crippen LogP contribution in [0.4, 0.5) is 13.6 Å². The number of alkyl halides is 1. The van der Waals surface area contributed by atoms with Crippen LogP contribution in [-0.4, -0.2) is 60.9 Å². The second-order valence-electron chi connectivity index (χ2n) is 12.4. The van der Waals surface area contributed by atoms with Crippen molar-refractivity contribution in [1.29, 1.82) is 0 Å². The number of carbonyl (C=O) groups is 2. The zero-order chi connectivity index (χ0) is 29.2. The summed E-state index contributed by atoms with van der Waals surface area (Å²) < 4.78 is 39.4. The number of hydrogen-bond donors (Lipinski definition) is 1. The number of nitrogens with zero attached hydrogens (tertiary/aromatic N) is 5. The number of pyridine rings is 2. The van der Waals surface area contributed by atoms with Crippen molar-refractivity contribution < 1.29 is 23.1 Å². The molecule has 1 saturated heterocycles. The SMILES string of the molecule is Cc1c(-c2cc3cccnc3n2CC2CC2)nn2cc(C(=O)N3C[C@H](F)C[C@@H](OC(N)=O)C3C(C)(C)C)cc(F)c12. The van der Waals surface area contributed by atoms with E-state index in [-0.39, 0.29) is 24.0 Å². The first-order chi connectivity index (χ1) is 19.4. The lowest BCUT2D eigenvalue weighted by Crippen LogP contribution is -2.61. The van der Waals surface area contributed by atoms with Crippen LogP contribution < -0.4 is 5.73 Å². The van der Waals surface area contributed by atoms with Gasteiger partial charge >= 0.3 is 6.09 Å². The molecule has 9 nitrogen and oxygen atoms in total. The van der Waals surface area contributed by atoms with Gasteiger partial charge in [0, 0.05) is 36.3 Å². The minimum atomic E-state index is -1.43. The smallest absolute Gasteiger partial charge is 0.404 e. The third-order valence-electron chi connectivity index (χ3n) is 8.19. The fraction of sp³-hybridized carbons (Fsp3) is 0.467. The minimum absolute atomic E-state index is 0.0189. The number of fused-ring (bicyclic) bond motifs is 2. The summed E-state index contributed by atoms with van der Waals surface area (Å²) in [7, 11) is 0. The fourth-order valence-electron chi connectivity index (χ4n) is 6.30. The third kappa shape index (κ3) is 4.91. The number of ether oxygens (including phenoxy) is 1. The molecule has 41 heavy (non-hydrogen) atoms. The molecule has 3 atom stereocenters. The number of aromatic nitrogens is 4. The molecule has 216 valence electrons. The van der Waals surface area contributed by atoms with E-state index in [1.807, 2.05) is 45.9 Å². The average Bonchev–Trinajstić information content (AvgIpc) is 3.55. The van der Waals surface area contributed by atoms with E-state index in [0.29, 0.717) is 17.2 Å². The summed E-state index contributed by atoms with van der Waals surface area (Å²) in [6, 6.07) is 6.39. The number of amides is 2. The van der Waals surface area contributed by atoms with Crippen LogP contribution in [0.1, 0.15) is 56.0 Å². The van der Waals surface area contributed by atoms with Crippen molar-refractivity contribution >= 4 is 28.6 Å². The zero-order valence-electron chi connectivity index (χ0n) is 23.6. The highest BCUT2D eigenvalue weighted by Crippen LogP contribution is 2.38. The Hall–Kier alpha value is -4.02. The van der Waals surface area contributed by atoms with Crippen LogP contribution in [0.3, 0.4) is 0 Å². The molecule has 1 aliphatic heterocycles. The van der Waals surface area contributed by atoms with Crippen molar-refractivity contribution in [2.45, 2.75) is 71.8 Å². The van der Waals surface area contributed by atoms with Gasteiger partial charge in [-0.15, -0.1) is 0 Å². The Kier molecular flexibility index (Phi) is 6.50. The van der Waals surface area contributed by atoms with Crippen LogP contribution >= 0.6 is 0 Å². The first-order valence-corrected chi connectivity index (χ1v) is 14.0. The van der Waals surface area contributed by atoms with Crippen molar-refractivity contribution in [3.05, 3.63) is 53.6 Å². The topological polar surface area (TPSA) is 108 Å². The lowest BCUT2D eigenvalue weighted by atomic mass is 9.78. The Morgan fingerprint density at radius 1 is 1.22 bits per heavy atom. The Bertz CT molecular complexity index is 1670. The molecule has 0 radical (unpaired) electrons. The number of aryl methyl sites for hydroxylation is 1. The monoisotopic (exact) mass is 564 g/mol. The molecule has 0 spiro atoms. The van der Waals surface area contributed by atoms with E-state index in [2.05, 4.69) is 9.55 Å². The van der Waals surface area contributed by atoms with Crippen LogP contribution in [0.25, 0.3) is 27.9 Å². The Morgan fingerprint density at radius 3 is 2.66 bits per heavy atom. The summed E-state index contributed by atoms with van der Waals surface area (Å²) >= 11 is 0. The molecule has 1 saturated carbocycles. The van der Waals surface area contributed by atoms with Gasteiger partial charge in [-0.1, -0.05) is 20.8 Å². The van der Waals surface area contributed by atoms with Crippen molar-refractivity contribution in [2.24, 2.45) is 17.1 Å². The van der Waals surface area contributed by atoms with Gasteiger partial charge in [0.05, 0.1) is 23.8 Å². The number of rotatable bonds is 5. The first kappa shape index (κ1) is 27.2. The summed E-state index contributed by atoms with van der Waals surface area (Å²) in [5, 5.41) is 5.72. The summed E-state index contributed by atoms with van der Waals surface area (Å²) in [4.78, 5) is 31.4. The van der Waals surface area contributed by atoms with Gasteiger partial charge < -0.3 is 19.9 Å². The quantitative estimate of drug-likeness (QED) is 0.355. The number of likely N-dealkylation sites (tertiary alicyclic amines) is 1. The molecule has 4 aromatic rings. The van der Waals surface area contributed by atoms with Crippen LogP contribution in [-0.2, 0) is 11.3 Å². The number of nitrogens with two attached hydrogens (primary N) is 1. The van der Waals surface area contributed by atoms with Gasteiger partial charge in [-0.05, 0) is 55.4 Å². The normalized spacial score (nSPS) is 21.5. The zero-order valence-corrected chi connectivity index (χ0v) is 23.6. The Balaban J connectivity index is 1.42. The fourth-order valence-corrected chi connectivity index (χ4v) is 6.30. The maximum absolute atomic E-state index is 15.7. The molecule has 11 heteroatoms. The molecule has 2 aliphatic rings. The van der Waals surface area contributed by atoms with Crippen LogP contribution in [0, 0.1) is 24.1 Å². The maximum Gasteiger partial charge on any atom is 0.404 e. The standard InChI is InChI=1S/C30H34F2N6O3/c1-16-24(22-11-18-6-5-9-34-27(18)36(22)13-17-7-8-17)35-38-14-19(10-21(32)25(16)38)28(39)37-15-20(31)12-23(41-29(33)40)26(37)30(2,3)4/h5-6,9-11,14,17,20,23,26H,7-8,12-13,15H2,1-4H3,(H2,33,40)/t20-,23-,26?/m1/s1. The van der Waals surface area contributed by atoms with Crippen molar-refractivity contribution in [1.82, 2.24) is 24.1 Å². The molecular formula is C30H34F2N6O3. The maximum atomic E-state index is 15.7. The molecule has 1 unspecified atom stereocenters. The molecule has 6 rings (SSSR count). The van der Waals surface area contributed by atoms with E-state index in [0.717, 1.165) is 36.1 Å². The van der Waals surface area contributed by atoms with Gasteiger partial charge in [-0.25, -0.2) is 23.1 Å². The van der Waals surface area contributed by atoms with E-state index < -0.39 is 41.6 Å². The number of hydrogen-bond acceptors (Lipinski definition) is 5. The second kappa shape index (κ2) is 9.81. The number of primary amides is 1. The number of carbonyl (C=O) groups excluding carboxylic acids is 2. The molecule has 0 bridgehead atoms. The minimum Gasteiger partial charge on any atom is -0.444 e. The summed E-state index contributed by atoms with van der Waals surface area (Å²) in [5.41, 5.74) is 7.91. The summed E-state index contributed by atoms with van der Waals surface area (Å²) in [6.07, 6.45) is 2.08. The predicted octanol–water partition coefficient (Wildman–Crippen LogP) is 5.27. The molecule has 2 N–H and O–H groups in total. The Labute approximate surface area is 236 Å². The highest BCUT2D eigenvalue weighted by molar-refractivity contribution is 5.95. The highest BCUT2D eigenvalue weighted by atomic mass is 19.1. The van der Waals surface area contributed by atoms with Crippen LogP contribution in [0.2, 0.25) is 0 Å². The van der Waals surface area contributed by atoms with Crippen molar-refractivity contribution in [3.8, 4) is 11.4 Å². The van der Waals surface area contributed by atoms with Gasteiger partial charge in [0.2, 0.25) is 0 Å². The second-order valence-corrected chi connectivity index (χ2v) is 12.4. The van der Waals surface area contributed by atoms with E-state index >= 15 is 4.39 Å². The molecule has 2 fully saturated rings. The molecule has 2 amide bonds. The molecule has 5 heterocycles. The third-order valence-corrected chi connectivity index (χ3v) is 8.19. The molecule has 0 aromatic carbocycles.